The minimum absolute atomic E-state index is 0.263. The molecular formula is C28H27N3O4S. The molecule has 184 valence electrons. The van der Waals surface area contributed by atoms with Crippen LogP contribution in [0.4, 0.5) is 10.5 Å². The molecule has 0 bridgehead atoms. The molecule has 2 aliphatic rings. The monoisotopic (exact) mass is 501 g/mol. The third-order valence-electron chi connectivity index (χ3n) is 6.51. The van der Waals surface area contributed by atoms with Crippen molar-refractivity contribution in [1.82, 2.24) is 9.47 Å². The first kappa shape index (κ1) is 24.1. The third kappa shape index (κ3) is 4.74. The van der Waals surface area contributed by atoms with E-state index in [1.807, 2.05) is 26.0 Å². The van der Waals surface area contributed by atoms with Crippen molar-refractivity contribution in [2.75, 3.05) is 37.7 Å². The number of ketones is 1. The Morgan fingerprint density at radius 2 is 1.64 bits per heavy atom. The fourth-order valence-electron chi connectivity index (χ4n) is 4.60. The Kier molecular flexibility index (Phi) is 6.80. The van der Waals surface area contributed by atoms with Gasteiger partial charge < -0.3 is 14.2 Å². The minimum Gasteiger partial charge on any atom is -0.378 e. The number of rotatable bonds is 6. The van der Waals surface area contributed by atoms with Crippen molar-refractivity contribution < 1.29 is 19.1 Å². The van der Waals surface area contributed by atoms with Crippen molar-refractivity contribution in [2.45, 2.75) is 13.8 Å². The average molecular weight is 502 g/mol. The van der Waals surface area contributed by atoms with Crippen LogP contribution in [0.5, 0.6) is 0 Å². The van der Waals surface area contributed by atoms with E-state index in [9.17, 15) is 14.4 Å². The van der Waals surface area contributed by atoms with Crippen LogP contribution in [-0.4, -0.2) is 59.2 Å². The largest absolute Gasteiger partial charge is 0.378 e. The molecule has 3 heterocycles. The normalized spacial score (nSPS) is 17.3. The number of benzene rings is 2. The van der Waals surface area contributed by atoms with Gasteiger partial charge in [0.25, 0.3) is 11.1 Å². The molecule has 0 radical (unpaired) electrons. The Labute approximate surface area is 214 Å². The first-order valence-electron chi connectivity index (χ1n) is 11.9. The van der Waals surface area contributed by atoms with Crippen molar-refractivity contribution in [3.8, 4) is 5.69 Å². The second-order valence-electron chi connectivity index (χ2n) is 8.83. The van der Waals surface area contributed by atoms with Gasteiger partial charge in [-0.1, -0.05) is 30.3 Å². The number of aryl methyl sites for hydroxylation is 1. The molecule has 8 heteroatoms. The summed E-state index contributed by atoms with van der Waals surface area (Å²) in [6.45, 7) is 7.01. The summed E-state index contributed by atoms with van der Waals surface area (Å²) in [6.07, 6.45) is 1.75. The van der Waals surface area contributed by atoms with Crippen molar-refractivity contribution >= 4 is 40.5 Å². The number of carbonyl (C=O) groups is 3. The van der Waals surface area contributed by atoms with Gasteiger partial charge in [0.15, 0.2) is 5.78 Å². The summed E-state index contributed by atoms with van der Waals surface area (Å²) >= 11 is 0.873. The number of ether oxygens (including phenoxy) is 1. The van der Waals surface area contributed by atoms with Crippen LogP contribution < -0.4 is 4.90 Å². The maximum atomic E-state index is 13.0. The zero-order valence-electron chi connectivity index (χ0n) is 20.3. The molecule has 0 unspecified atom stereocenters. The van der Waals surface area contributed by atoms with Gasteiger partial charge in [-0.05, 0) is 67.6 Å². The van der Waals surface area contributed by atoms with Gasteiger partial charge >= 0.3 is 0 Å². The number of aromatic nitrogens is 1. The molecule has 0 atom stereocenters. The van der Waals surface area contributed by atoms with Gasteiger partial charge in [0.05, 0.1) is 24.7 Å². The number of hydrogen-bond acceptors (Lipinski definition) is 6. The van der Waals surface area contributed by atoms with E-state index in [1.165, 1.54) is 5.69 Å². The molecule has 5 rings (SSSR count). The fourth-order valence-corrected chi connectivity index (χ4v) is 5.43. The summed E-state index contributed by atoms with van der Waals surface area (Å²) in [4.78, 5) is 41.8. The molecule has 2 amide bonds. The molecule has 3 aromatic rings. The van der Waals surface area contributed by atoms with Gasteiger partial charge in [0.1, 0.15) is 0 Å². The molecule has 1 aromatic heterocycles. The highest BCUT2D eigenvalue weighted by Gasteiger charge is 2.36. The fraction of sp³-hybridized carbons (Fsp3) is 0.250. The van der Waals surface area contributed by atoms with Crippen LogP contribution in [0.1, 0.15) is 27.3 Å². The molecule has 7 nitrogen and oxygen atoms in total. The van der Waals surface area contributed by atoms with E-state index in [0.717, 1.165) is 65.6 Å². The summed E-state index contributed by atoms with van der Waals surface area (Å²) < 4.78 is 7.58. The predicted octanol–water partition coefficient (Wildman–Crippen LogP) is 4.85. The Balaban J connectivity index is 1.35. The summed E-state index contributed by atoms with van der Waals surface area (Å²) in [5.41, 5.74) is 5.54. The molecular weight excluding hydrogens is 474 g/mol. The number of morpholine rings is 1. The summed E-state index contributed by atoms with van der Waals surface area (Å²) in [5, 5.41) is -0.428. The van der Waals surface area contributed by atoms with E-state index in [2.05, 4.69) is 33.7 Å². The van der Waals surface area contributed by atoms with Crippen molar-refractivity contribution in [3.05, 3.63) is 88.1 Å². The maximum absolute atomic E-state index is 13.0. The van der Waals surface area contributed by atoms with Gasteiger partial charge in [0.2, 0.25) is 0 Å². The van der Waals surface area contributed by atoms with E-state index in [4.69, 9.17) is 4.74 Å². The van der Waals surface area contributed by atoms with E-state index in [0.29, 0.717) is 10.5 Å². The molecule has 0 N–H and O–H groups in total. The molecule has 0 spiro atoms. The predicted molar refractivity (Wildman–Crippen MR) is 142 cm³/mol. The maximum Gasteiger partial charge on any atom is 0.293 e. The average Bonchev–Trinajstić information content (AvgIpc) is 3.33. The SMILES string of the molecule is Cc1cc(/C=C2\SC(=O)N(CC(=O)c3ccccc3)C2=O)c(C)n1-c1ccc(N2CCOCC2)cc1. The highest BCUT2D eigenvalue weighted by atomic mass is 32.2. The lowest BCUT2D eigenvalue weighted by molar-refractivity contribution is -0.122. The van der Waals surface area contributed by atoms with Crippen LogP contribution >= 0.6 is 11.8 Å². The molecule has 2 aliphatic heterocycles. The molecule has 0 aliphatic carbocycles. The summed E-state index contributed by atoms with van der Waals surface area (Å²) in [6, 6.07) is 19.1. The van der Waals surface area contributed by atoms with Crippen LogP contribution in [0.25, 0.3) is 11.8 Å². The standard InChI is InChI=1S/C28H27N3O4S/c1-19-16-22(20(2)31(19)24-10-8-23(9-11-24)29-12-14-35-15-13-29)17-26-27(33)30(28(34)36-26)18-25(32)21-6-4-3-5-7-21/h3-11,16-17H,12-15,18H2,1-2H3/b26-17-. The molecule has 0 saturated carbocycles. The number of imide groups is 1. The lowest BCUT2D eigenvalue weighted by atomic mass is 10.1. The number of thioether (sulfide) groups is 1. The number of hydrogen-bond donors (Lipinski definition) is 0. The van der Waals surface area contributed by atoms with Crippen molar-refractivity contribution in [3.63, 3.8) is 0 Å². The van der Waals surface area contributed by atoms with Gasteiger partial charge in [-0.2, -0.15) is 0 Å². The number of carbonyl (C=O) groups excluding carboxylic acids is 3. The van der Waals surface area contributed by atoms with E-state index < -0.39 is 11.1 Å². The Morgan fingerprint density at radius 1 is 0.972 bits per heavy atom. The zero-order valence-corrected chi connectivity index (χ0v) is 21.1. The molecule has 2 fully saturated rings. The van der Waals surface area contributed by atoms with Gasteiger partial charge in [-0.25, -0.2) is 0 Å². The van der Waals surface area contributed by atoms with Crippen LogP contribution in [0.3, 0.4) is 0 Å². The van der Waals surface area contributed by atoms with E-state index in [1.54, 1.807) is 30.3 Å². The lowest BCUT2D eigenvalue weighted by Crippen LogP contribution is -2.36. The summed E-state index contributed by atoms with van der Waals surface area (Å²) in [7, 11) is 0. The molecule has 36 heavy (non-hydrogen) atoms. The third-order valence-corrected chi connectivity index (χ3v) is 7.42. The highest BCUT2D eigenvalue weighted by Crippen LogP contribution is 2.34. The quantitative estimate of drug-likeness (QED) is 0.355. The van der Waals surface area contributed by atoms with E-state index in [-0.39, 0.29) is 12.3 Å². The highest BCUT2D eigenvalue weighted by molar-refractivity contribution is 8.18. The Hall–Kier alpha value is -3.62. The topological polar surface area (TPSA) is 71.9 Å². The van der Waals surface area contributed by atoms with Crippen LogP contribution in [0.2, 0.25) is 0 Å². The summed E-state index contributed by atoms with van der Waals surface area (Å²) in [5.74, 6) is -0.702. The first-order valence-corrected chi connectivity index (χ1v) is 12.7. The van der Waals surface area contributed by atoms with Crippen LogP contribution in [-0.2, 0) is 9.53 Å². The van der Waals surface area contributed by atoms with Crippen LogP contribution in [0.15, 0.2) is 65.6 Å². The number of amides is 2. The van der Waals surface area contributed by atoms with Crippen LogP contribution in [0, 0.1) is 13.8 Å². The molecule has 2 aromatic carbocycles. The second-order valence-corrected chi connectivity index (χ2v) is 9.83. The van der Waals surface area contributed by atoms with Gasteiger partial charge in [0, 0.05) is 41.4 Å². The van der Waals surface area contributed by atoms with E-state index >= 15 is 0 Å². The minimum atomic E-state index is -0.436. The molecule has 2 saturated heterocycles. The smallest absolute Gasteiger partial charge is 0.293 e. The van der Waals surface area contributed by atoms with Crippen molar-refractivity contribution in [1.29, 1.82) is 0 Å². The van der Waals surface area contributed by atoms with Gasteiger partial charge in [-0.3, -0.25) is 19.3 Å². The zero-order chi connectivity index (χ0) is 25.2. The Morgan fingerprint density at radius 3 is 2.33 bits per heavy atom. The number of Topliss-reactive ketones (excluding diaryl/α,β-unsaturated/α-hetero) is 1. The van der Waals surface area contributed by atoms with Crippen molar-refractivity contribution in [2.24, 2.45) is 0 Å². The Bertz CT molecular complexity index is 1340. The first-order chi connectivity index (χ1) is 17.4. The number of nitrogens with zero attached hydrogens (tertiary/aromatic N) is 3. The lowest BCUT2D eigenvalue weighted by Gasteiger charge is -2.29. The van der Waals surface area contributed by atoms with Gasteiger partial charge in [-0.15, -0.1) is 0 Å². The number of anilines is 1. The second kappa shape index (κ2) is 10.2.